The van der Waals surface area contributed by atoms with Crippen LogP contribution >= 0.6 is 23.2 Å². The first-order chi connectivity index (χ1) is 9.66. The predicted octanol–water partition coefficient (Wildman–Crippen LogP) is 2.06. The Morgan fingerprint density at radius 2 is 2.25 bits per heavy atom. The topological polar surface area (TPSA) is 66.0 Å². The summed E-state index contributed by atoms with van der Waals surface area (Å²) >= 11 is 11.8. The highest BCUT2D eigenvalue weighted by molar-refractivity contribution is 6.35. The average Bonchev–Trinajstić information content (AvgIpc) is 2.46. The Labute approximate surface area is 128 Å². The molecule has 0 saturated carbocycles. The van der Waals surface area contributed by atoms with E-state index in [9.17, 15) is 4.79 Å². The van der Waals surface area contributed by atoms with Crippen LogP contribution in [-0.4, -0.2) is 36.6 Å². The molecule has 0 bridgehead atoms. The third-order valence-electron chi connectivity index (χ3n) is 3.15. The molecule has 1 aliphatic heterocycles. The summed E-state index contributed by atoms with van der Waals surface area (Å²) in [6.45, 7) is 2.01. The zero-order chi connectivity index (χ0) is 14.4. The second-order valence-corrected chi connectivity index (χ2v) is 5.55. The van der Waals surface area contributed by atoms with Gasteiger partial charge >= 0.3 is 0 Å². The third-order valence-corrected chi connectivity index (χ3v) is 3.65. The molecule has 1 fully saturated rings. The second kappa shape index (κ2) is 7.67. The van der Waals surface area contributed by atoms with E-state index in [0.29, 0.717) is 29.0 Å². The van der Waals surface area contributed by atoms with E-state index >= 15 is 0 Å². The molecule has 110 valence electrons. The number of hydrogen-bond acceptors (Lipinski definition) is 4. The van der Waals surface area contributed by atoms with Gasteiger partial charge in [-0.05, 0) is 25.5 Å². The molecule has 0 radical (unpaired) electrons. The smallest absolute Gasteiger partial charge is 0.237 e. The van der Waals surface area contributed by atoms with Gasteiger partial charge in [0.2, 0.25) is 5.91 Å². The lowest BCUT2D eigenvalue weighted by Gasteiger charge is -2.22. The van der Waals surface area contributed by atoms with Gasteiger partial charge in [-0.15, -0.1) is 0 Å². The second-order valence-electron chi connectivity index (χ2n) is 4.70. The molecular formula is C13H18Cl2N4O. The maximum absolute atomic E-state index is 11.9. The summed E-state index contributed by atoms with van der Waals surface area (Å²) in [6.07, 6.45) is 4.68. The van der Waals surface area contributed by atoms with Crippen LogP contribution in [0.3, 0.4) is 0 Å². The fourth-order valence-electron chi connectivity index (χ4n) is 2.11. The van der Waals surface area contributed by atoms with Gasteiger partial charge in [0, 0.05) is 19.3 Å². The van der Waals surface area contributed by atoms with Crippen LogP contribution in [0.4, 0.5) is 5.82 Å². The first-order valence-corrected chi connectivity index (χ1v) is 7.48. The summed E-state index contributed by atoms with van der Waals surface area (Å²) in [6, 6.07) is 1.57. The van der Waals surface area contributed by atoms with Crippen LogP contribution in [0.1, 0.15) is 19.3 Å². The van der Waals surface area contributed by atoms with E-state index in [1.54, 1.807) is 6.07 Å². The van der Waals surface area contributed by atoms with Gasteiger partial charge < -0.3 is 16.0 Å². The standard InChI is InChI=1S/C13H18Cl2N4O/c14-9-7-10(15)12(19-8-9)17-5-6-18-13(20)11-3-1-2-4-16-11/h7-8,11,16H,1-6H2,(H,17,19)(H,18,20)/t11-/m1/s1. The lowest BCUT2D eigenvalue weighted by molar-refractivity contribution is -0.123. The highest BCUT2D eigenvalue weighted by Crippen LogP contribution is 2.21. The molecule has 2 heterocycles. The lowest BCUT2D eigenvalue weighted by atomic mass is 10.0. The average molecular weight is 317 g/mol. The van der Waals surface area contributed by atoms with Crippen LogP contribution in [0.15, 0.2) is 12.3 Å². The minimum absolute atomic E-state index is 0.0546. The van der Waals surface area contributed by atoms with Crippen molar-refractivity contribution in [3.8, 4) is 0 Å². The zero-order valence-corrected chi connectivity index (χ0v) is 12.6. The predicted molar refractivity (Wildman–Crippen MR) is 81.4 cm³/mol. The van der Waals surface area contributed by atoms with E-state index in [1.807, 2.05) is 0 Å². The van der Waals surface area contributed by atoms with Crippen LogP contribution in [0, 0.1) is 0 Å². The SMILES string of the molecule is O=C(NCCNc1ncc(Cl)cc1Cl)[C@H]1CCCCN1. The van der Waals surface area contributed by atoms with Crippen molar-refractivity contribution in [1.82, 2.24) is 15.6 Å². The molecule has 1 aromatic rings. The monoisotopic (exact) mass is 316 g/mol. The minimum Gasteiger partial charge on any atom is -0.367 e. The number of pyridine rings is 1. The van der Waals surface area contributed by atoms with E-state index in [4.69, 9.17) is 23.2 Å². The Morgan fingerprint density at radius 3 is 2.95 bits per heavy atom. The first kappa shape index (κ1) is 15.4. The molecule has 0 aliphatic carbocycles. The Morgan fingerprint density at radius 1 is 1.40 bits per heavy atom. The maximum atomic E-state index is 11.9. The summed E-state index contributed by atoms with van der Waals surface area (Å²) in [5.74, 6) is 0.628. The van der Waals surface area contributed by atoms with E-state index in [0.717, 1.165) is 25.8 Å². The number of carbonyl (C=O) groups is 1. The number of anilines is 1. The van der Waals surface area contributed by atoms with Gasteiger partial charge in [-0.25, -0.2) is 4.98 Å². The van der Waals surface area contributed by atoms with Crippen LogP contribution in [0.2, 0.25) is 10.0 Å². The van der Waals surface area contributed by atoms with Crippen LogP contribution < -0.4 is 16.0 Å². The number of hydrogen-bond donors (Lipinski definition) is 3. The zero-order valence-electron chi connectivity index (χ0n) is 11.1. The molecule has 0 aromatic carbocycles. The number of rotatable bonds is 5. The van der Waals surface area contributed by atoms with Crippen molar-refractivity contribution in [2.24, 2.45) is 0 Å². The van der Waals surface area contributed by atoms with E-state index < -0.39 is 0 Å². The van der Waals surface area contributed by atoms with Gasteiger partial charge in [-0.3, -0.25) is 4.79 Å². The molecule has 3 N–H and O–H groups in total. The van der Waals surface area contributed by atoms with Crippen LogP contribution in [0.5, 0.6) is 0 Å². The van der Waals surface area contributed by atoms with Crippen molar-refractivity contribution in [3.63, 3.8) is 0 Å². The summed E-state index contributed by atoms with van der Waals surface area (Å²) in [5.41, 5.74) is 0. The molecule has 0 spiro atoms. The largest absolute Gasteiger partial charge is 0.367 e. The molecule has 7 heteroatoms. The Bertz CT molecular complexity index is 464. The Hall–Kier alpha value is -1.04. The molecule has 2 rings (SSSR count). The summed E-state index contributed by atoms with van der Waals surface area (Å²) in [5, 5.41) is 10.1. The van der Waals surface area contributed by atoms with Gasteiger partial charge in [0.15, 0.2) is 0 Å². The quantitative estimate of drug-likeness (QED) is 0.727. The van der Waals surface area contributed by atoms with E-state index in [2.05, 4.69) is 20.9 Å². The fraction of sp³-hybridized carbons (Fsp3) is 0.538. The van der Waals surface area contributed by atoms with E-state index in [-0.39, 0.29) is 11.9 Å². The normalized spacial score (nSPS) is 18.6. The van der Waals surface area contributed by atoms with Crippen molar-refractivity contribution >= 4 is 34.9 Å². The molecule has 20 heavy (non-hydrogen) atoms. The molecular weight excluding hydrogens is 299 g/mol. The summed E-state index contributed by atoms with van der Waals surface area (Å²) in [7, 11) is 0. The van der Waals surface area contributed by atoms with Crippen molar-refractivity contribution in [2.45, 2.75) is 25.3 Å². The maximum Gasteiger partial charge on any atom is 0.237 e. The number of nitrogens with one attached hydrogen (secondary N) is 3. The van der Waals surface area contributed by atoms with Gasteiger partial charge in [0.25, 0.3) is 0 Å². The van der Waals surface area contributed by atoms with Gasteiger partial charge in [0.05, 0.1) is 16.1 Å². The minimum atomic E-state index is -0.0546. The molecule has 1 saturated heterocycles. The molecule has 1 aromatic heterocycles. The molecule has 5 nitrogen and oxygen atoms in total. The molecule has 1 aliphatic rings. The Kier molecular flexibility index (Phi) is 5.88. The Balaban J connectivity index is 1.69. The number of nitrogens with zero attached hydrogens (tertiary/aromatic N) is 1. The van der Waals surface area contributed by atoms with Crippen molar-refractivity contribution in [1.29, 1.82) is 0 Å². The van der Waals surface area contributed by atoms with Gasteiger partial charge in [-0.1, -0.05) is 29.6 Å². The number of halogens is 2. The first-order valence-electron chi connectivity index (χ1n) is 6.73. The number of aromatic nitrogens is 1. The fourth-order valence-corrected chi connectivity index (χ4v) is 2.56. The highest BCUT2D eigenvalue weighted by Gasteiger charge is 2.19. The third kappa shape index (κ3) is 4.51. The van der Waals surface area contributed by atoms with Crippen molar-refractivity contribution in [3.05, 3.63) is 22.3 Å². The van der Waals surface area contributed by atoms with E-state index in [1.165, 1.54) is 6.20 Å². The van der Waals surface area contributed by atoms with Crippen LogP contribution in [-0.2, 0) is 4.79 Å². The number of carbonyl (C=O) groups excluding carboxylic acids is 1. The van der Waals surface area contributed by atoms with Crippen LogP contribution in [0.25, 0.3) is 0 Å². The summed E-state index contributed by atoms with van der Waals surface area (Å²) < 4.78 is 0. The molecule has 0 unspecified atom stereocenters. The lowest BCUT2D eigenvalue weighted by Crippen LogP contribution is -2.47. The summed E-state index contributed by atoms with van der Waals surface area (Å²) in [4.78, 5) is 15.9. The molecule has 1 amide bonds. The molecule has 1 atom stereocenters. The highest BCUT2D eigenvalue weighted by atomic mass is 35.5. The number of amides is 1. The van der Waals surface area contributed by atoms with Crippen molar-refractivity contribution in [2.75, 3.05) is 25.0 Å². The number of piperidine rings is 1. The van der Waals surface area contributed by atoms with Gasteiger partial charge in [-0.2, -0.15) is 0 Å². The van der Waals surface area contributed by atoms with Crippen molar-refractivity contribution < 1.29 is 4.79 Å². The van der Waals surface area contributed by atoms with Gasteiger partial charge in [0.1, 0.15) is 5.82 Å².